The van der Waals surface area contributed by atoms with Crippen molar-refractivity contribution in [3.63, 3.8) is 0 Å². The number of aromatic nitrogens is 3. The van der Waals surface area contributed by atoms with Crippen molar-refractivity contribution in [3.8, 4) is 22.9 Å². The van der Waals surface area contributed by atoms with Gasteiger partial charge in [-0.1, -0.05) is 52.5 Å². The SMILES string of the molecule is COc1ccc(/C=C2\Sc3nnc(-c4cc(F)c(Cl)cc4Cl)n3N=C2c2cc(F)c(Cl)cc2Cl)cc1OC. The van der Waals surface area contributed by atoms with Gasteiger partial charge in [0.05, 0.1) is 34.3 Å². The number of allylic oxidation sites excluding steroid dienone is 1. The molecule has 1 aromatic heterocycles. The summed E-state index contributed by atoms with van der Waals surface area (Å²) in [5.41, 5.74) is 1.52. The summed E-state index contributed by atoms with van der Waals surface area (Å²) in [5.74, 6) is -0.142. The van der Waals surface area contributed by atoms with Crippen molar-refractivity contribution in [3.05, 3.63) is 90.2 Å². The fourth-order valence-corrected chi connectivity index (χ4v) is 5.53. The van der Waals surface area contributed by atoms with Gasteiger partial charge < -0.3 is 9.47 Å². The Hall–Kier alpha value is -2.82. The van der Waals surface area contributed by atoms with Gasteiger partial charge in [0, 0.05) is 16.0 Å². The van der Waals surface area contributed by atoms with Crippen molar-refractivity contribution in [1.82, 2.24) is 14.9 Å². The number of nitrogens with zero attached hydrogens (tertiary/aromatic N) is 4. The third-order valence-electron chi connectivity index (χ3n) is 5.47. The molecular weight excluding hydrogens is 600 g/mol. The standard InChI is InChI=1S/C25H14Cl4F2N4O2S/c1-36-20-4-3-11(5-21(20)37-2)6-22-23(12-7-18(30)16(28)9-14(12)26)34-35-24(32-33-25(35)38-22)13-8-19(31)17(29)10-15(13)27/h3-10H,1-2H3/b22-6-. The first-order chi connectivity index (χ1) is 18.2. The average Bonchev–Trinajstić information content (AvgIpc) is 3.30. The van der Waals surface area contributed by atoms with Gasteiger partial charge in [0.1, 0.15) is 17.3 Å². The molecule has 3 aromatic carbocycles. The summed E-state index contributed by atoms with van der Waals surface area (Å²) in [6.45, 7) is 0. The first-order valence-electron chi connectivity index (χ1n) is 10.7. The van der Waals surface area contributed by atoms with Gasteiger partial charge in [0.2, 0.25) is 5.16 Å². The number of methoxy groups -OCH3 is 2. The average molecular weight is 614 g/mol. The van der Waals surface area contributed by atoms with Crippen molar-refractivity contribution in [2.75, 3.05) is 14.2 Å². The summed E-state index contributed by atoms with van der Waals surface area (Å²) < 4.78 is 41.0. The lowest BCUT2D eigenvalue weighted by Crippen LogP contribution is -2.13. The summed E-state index contributed by atoms with van der Waals surface area (Å²) in [4.78, 5) is 0.570. The van der Waals surface area contributed by atoms with E-state index in [1.807, 2.05) is 6.07 Å². The normalized spacial score (nSPS) is 13.9. The summed E-state index contributed by atoms with van der Waals surface area (Å²) in [5, 5.41) is 13.5. The lowest BCUT2D eigenvalue weighted by atomic mass is 10.1. The number of hydrogen-bond donors (Lipinski definition) is 0. The Morgan fingerprint density at radius 3 is 2.08 bits per heavy atom. The van der Waals surface area contributed by atoms with Crippen LogP contribution in [0.2, 0.25) is 20.1 Å². The van der Waals surface area contributed by atoms with E-state index < -0.39 is 11.6 Å². The van der Waals surface area contributed by atoms with Crippen LogP contribution in [0.1, 0.15) is 11.1 Å². The molecule has 0 aliphatic carbocycles. The molecular formula is C25H14Cl4F2N4O2S. The van der Waals surface area contributed by atoms with Crippen LogP contribution in [-0.2, 0) is 0 Å². The molecule has 0 bridgehead atoms. The van der Waals surface area contributed by atoms with Crippen molar-refractivity contribution in [1.29, 1.82) is 0 Å². The molecule has 0 saturated carbocycles. The minimum absolute atomic E-state index is 0.137. The molecule has 0 fully saturated rings. The van der Waals surface area contributed by atoms with Gasteiger partial charge in [-0.15, -0.1) is 10.2 Å². The van der Waals surface area contributed by atoms with Crippen LogP contribution < -0.4 is 9.47 Å². The lowest BCUT2D eigenvalue weighted by molar-refractivity contribution is 0.355. The topological polar surface area (TPSA) is 61.5 Å². The molecule has 0 unspecified atom stereocenters. The van der Waals surface area contributed by atoms with E-state index in [1.54, 1.807) is 18.2 Å². The second-order valence-electron chi connectivity index (χ2n) is 7.78. The van der Waals surface area contributed by atoms with Gasteiger partial charge in [-0.25, -0.2) is 8.78 Å². The molecule has 13 heteroatoms. The van der Waals surface area contributed by atoms with Gasteiger partial charge >= 0.3 is 0 Å². The predicted octanol–water partition coefficient (Wildman–Crippen LogP) is 8.25. The van der Waals surface area contributed by atoms with E-state index in [0.717, 1.165) is 11.6 Å². The molecule has 4 aromatic rings. The maximum Gasteiger partial charge on any atom is 0.217 e. The monoisotopic (exact) mass is 612 g/mol. The zero-order chi connectivity index (χ0) is 27.1. The summed E-state index contributed by atoms with van der Waals surface area (Å²) in [6, 6.07) is 10.2. The molecule has 0 saturated heterocycles. The minimum Gasteiger partial charge on any atom is -0.493 e. The second-order valence-corrected chi connectivity index (χ2v) is 10.4. The molecule has 194 valence electrons. The van der Waals surface area contributed by atoms with Crippen molar-refractivity contribution in [2.45, 2.75) is 5.16 Å². The van der Waals surface area contributed by atoms with Crippen molar-refractivity contribution >= 4 is 70.0 Å². The molecule has 0 N–H and O–H groups in total. The molecule has 2 heterocycles. The highest BCUT2D eigenvalue weighted by Gasteiger charge is 2.28. The molecule has 0 atom stereocenters. The van der Waals surface area contributed by atoms with E-state index >= 15 is 0 Å². The Balaban J connectivity index is 1.71. The van der Waals surface area contributed by atoms with Gasteiger partial charge in [0.15, 0.2) is 17.3 Å². The van der Waals surface area contributed by atoms with Crippen LogP contribution in [-0.4, -0.2) is 34.8 Å². The van der Waals surface area contributed by atoms with Gasteiger partial charge in [-0.3, -0.25) is 0 Å². The number of thioether (sulfide) groups is 1. The van der Waals surface area contributed by atoms with Gasteiger partial charge in [-0.2, -0.15) is 9.78 Å². The van der Waals surface area contributed by atoms with Gasteiger partial charge in [0.25, 0.3) is 0 Å². The zero-order valence-electron chi connectivity index (χ0n) is 19.4. The molecule has 0 radical (unpaired) electrons. The molecule has 1 aliphatic rings. The highest BCUT2D eigenvalue weighted by Crippen LogP contribution is 2.41. The zero-order valence-corrected chi connectivity index (χ0v) is 23.2. The summed E-state index contributed by atoms with van der Waals surface area (Å²) in [6.07, 6.45) is 1.81. The largest absolute Gasteiger partial charge is 0.493 e. The molecule has 38 heavy (non-hydrogen) atoms. The predicted molar refractivity (Wildman–Crippen MR) is 147 cm³/mol. The Bertz CT molecular complexity index is 1660. The number of fused-ring (bicyclic) bond motifs is 1. The third kappa shape index (κ3) is 4.97. The minimum atomic E-state index is -0.687. The molecule has 1 aliphatic heterocycles. The first-order valence-corrected chi connectivity index (χ1v) is 13.0. The van der Waals surface area contributed by atoms with Gasteiger partial charge in [-0.05, 0) is 59.8 Å². The molecule has 6 nitrogen and oxygen atoms in total. The van der Waals surface area contributed by atoms with Crippen LogP contribution in [0.3, 0.4) is 0 Å². The van der Waals surface area contributed by atoms with E-state index in [4.69, 9.17) is 55.9 Å². The second kappa shape index (κ2) is 10.7. The smallest absolute Gasteiger partial charge is 0.217 e. The van der Waals surface area contributed by atoms with Crippen LogP contribution in [0.25, 0.3) is 17.5 Å². The highest BCUT2D eigenvalue weighted by molar-refractivity contribution is 8.04. The number of hydrogen-bond acceptors (Lipinski definition) is 6. The Morgan fingerprint density at radius 1 is 0.789 bits per heavy atom. The first kappa shape index (κ1) is 26.8. The Morgan fingerprint density at radius 2 is 1.42 bits per heavy atom. The van der Waals surface area contributed by atoms with Crippen molar-refractivity contribution in [2.24, 2.45) is 5.10 Å². The Kier molecular flexibility index (Phi) is 7.57. The quantitative estimate of drug-likeness (QED) is 0.212. The van der Waals surface area contributed by atoms with E-state index in [-0.39, 0.29) is 37.0 Å². The van der Waals surface area contributed by atoms with E-state index in [0.29, 0.717) is 27.3 Å². The van der Waals surface area contributed by atoms with E-state index in [1.165, 1.54) is 48.9 Å². The fraction of sp³-hybridized carbons (Fsp3) is 0.0800. The Labute approximate surface area is 239 Å². The lowest BCUT2D eigenvalue weighted by Gasteiger charge is -2.19. The number of benzene rings is 3. The molecule has 0 amide bonds. The van der Waals surface area contributed by atoms with Crippen molar-refractivity contribution < 1.29 is 18.3 Å². The third-order valence-corrected chi connectivity index (χ3v) is 7.64. The molecule has 5 rings (SSSR count). The van der Waals surface area contributed by atoms with Crippen LogP contribution in [0.5, 0.6) is 11.5 Å². The molecule has 0 spiro atoms. The van der Waals surface area contributed by atoms with Crippen LogP contribution in [0.15, 0.2) is 57.6 Å². The maximum absolute atomic E-state index is 14.6. The van der Waals surface area contributed by atoms with E-state index in [9.17, 15) is 8.78 Å². The summed E-state index contributed by atoms with van der Waals surface area (Å²) >= 11 is 25.8. The number of halogens is 6. The van der Waals surface area contributed by atoms with Crippen LogP contribution in [0, 0.1) is 11.6 Å². The van der Waals surface area contributed by atoms with Crippen LogP contribution in [0.4, 0.5) is 8.78 Å². The number of ether oxygens (including phenoxy) is 2. The summed E-state index contributed by atoms with van der Waals surface area (Å²) in [7, 11) is 3.07. The van der Waals surface area contributed by atoms with E-state index in [2.05, 4.69) is 15.3 Å². The maximum atomic E-state index is 14.6. The number of rotatable bonds is 5. The van der Waals surface area contributed by atoms with Crippen LogP contribution >= 0.6 is 58.2 Å². The fourth-order valence-electron chi connectivity index (χ4n) is 3.66. The highest BCUT2D eigenvalue weighted by atomic mass is 35.5.